The van der Waals surface area contributed by atoms with Gasteiger partial charge in [-0.05, 0) is 0 Å². The second kappa shape index (κ2) is 9.15. The Labute approximate surface area is 133 Å². The molecule has 1 aliphatic rings. The summed E-state index contributed by atoms with van der Waals surface area (Å²) in [7, 11) is 0. The van der Waals surface area contributed by atoms with Gasteiger partial charge in [-0.3, -0.25) is 0 Å². The van der Waals surface area contributed by atoms with Gasteiger partial charge in [-0.25, -0.2) is 0 Å². The summed E-state index contributed by atoms with van der Waals surface area (Å²) in [5.41, 5.74) is 16.7. The lowest BCUT2D eigenvalue weighted by molar-refractivity contribution is -0.300. The first-order valence-corrected chi connectivity index (χ1v) is 7.24. The van der Waals surface area contributed by atoms with Gasteiger partial charge in [0.1, 0.15) is 24.4 Å². The van der Waals surface area contributed by atoms with Crippen molar-refractivity contribution in [2.75, 3.05) is 19.8 Å². The van der Waals surface area contributed by atoms with Crippen LogP contribution in [0.2, 0.25) is 0 Å². The van der Waals surface area contributed by atoms with Crippen molar-refractivity contribution in [1.29, 1.82) is 0 Å². The summed E-state index contributed by atoms with van der Waals surface area (Å²) in [6.07, 6.45) is -9.54. The maximum atomic E-state index is 9.97. The molecule has 0 radical (unpaired) electrons. The lowest BCUT2D eigenvalue weighted by Crippen LogP contribution is -2.65. The van der Waals surface area contributed by atoms with Gasteiger partial charge in [0.25, 0.3) is 0 Å². The summed E-state index contributed by atoms with van der Waals surface area (Å²) >= 11 is 0. The van der Waals surface area contributed by atoms with Crippen LogP contribution >= 0.6 is 0 Å². The van der Waals surface area contributed by atoms with Gasteiger partial charge in [-0.15, -0.1) is 0 Å². The Morgan fingerprint density at radius 2 is 1.70 bits per heavy atom. The molecular formula is C12H27N3O8. The molecule has 11 heteroatoms. The van der Waals surface area contributed by atoms with Crippen LogP contribution in [0.15, 0.2) is 0 Å². The lowest BCUT2D eigenvalue weighted by Gasteiger charge is -2.43. The van der Waals surface area contributed by atoms with E-state index in [0.717, 1.165) is 0 Å². The van der Waals surface area contributed by atoms with Crippen molar-refractivity contribution in [2.45, 2.75) is 55.0 Å². The fraction of sp³-hybridized carbons (Fsp3) is 1.00. The number of ether oxygens (including phenoxy) is 2. The van der Waals surface area contributed by atoms with Gasteiger partial charge in [-0.2, -0.15) is 0 Å². The summed E-state index contributed by atoms with van der Waals surface area (Å²) in [6, 6.07) is -2.28. The van der Waals surface area contributed by atoms with Crippen molar-refractivity contribution < 1.29 is 40.1 Å². The molecule has 23 heavy (non-hydrogen) atoms. The maximum Gasteiger partial charge on any atom is 0.187 e. The Kier molecular flexibility index (Phi) is 8.20. The highest BCUT2D eigenvalue weighted by molar-refractivity contribution is 4.94. The largest absolute Gasteiger partial charge is 0.394 e. The average molecular weight is 341 g/mol. The summed E-state index contributed by atoms with van der Waals surface area (Å²) < 4.78 is 10.6. The van der Waals surface area contributed by atoms with Crippen LogP contribution in [0.25, 0.3) is 0 Å². The number of aliphatic hydroxyl groups is 6. The standard InChI is InChI=1S/C12H27N3O8/c13-1-4(18)11(7(14)5(19)2-16)23-12-10(21)9(20)8(15)6(3-17)22-12/h4-12,16-21H,1-3,13-15H2/t4-,5+,6?,7+,8+,9?,10?,11+,12+/m0/s1. The van der Waals surface area contributed by atoms with Gasteiger partial charge < -0.3 is 57.3 Å². The van der Waals surface area contributed by atoms with Crippen LogP contribution in [0.1, 0.15) is 0 Å². The maximum absolute atomic E-state index is 9.97. The smallest absolute Gasteiger partial charge is 0.187 e. The predicted molar refractivity (Wildman–Crippen MR) is 76.7 cm³/mol. The fourth-order valence-corrected chi connectivity index (χ4v) is 2.30. The van der Waals surface area contributed by atoms with E-state index in [1.165, 1.54) is 0 Å². The van der Waals surface area contributed by atoms with Crippen LogP contribution in [0.5, 0.6) is 0 Å². The van der Waals surface area contributed by atoms with Crippen molar-refractivity contribution in [2.24, 2.45) is 17.2 Å². The molecule has 0 spiro atoms. The minimum absolute atomic E-state index is 0.273. The number of hydrogen-bond donors (Lipinski definition) is 9. The number of aliphatic hydroxyl groups excluding tert-OH is 6. The van der Waals surface area contributed by atoms with Crippen LogP contribution in [-0.2, 0) is 9.47 Å². The van der Waals surface area contributed by atoms with E-state index in [2.05, 4.69) is 0 Å². The van der Waals surface area contributed by atoms with Crippen molar-refractivity contribution in [3.63, 3.8) is 0 Å². The highest BCUT2D eigenvalue weighted by Gasteiger charge is 2.45. The van der Waals surface area contributed by atoms with E-state index in [4.69, 9.17) is 31.8 Å². The van der Waals surface area contributed by atoms with E-state index < -0.39 is 68.2 Å². The molecule has 1 fully saturated rings. The molecule has 1 saturated heterocycles. The second-order valence-corrected chi connectivity index (χ2v) is 5.52. The molecule has 1 heterocycles. The molecule has 1 aliphatic heterocycles. The van der Waals surface area contributed by atoms with Gasteiger partial charge in [0.2, 0.25) is 0 Å². The Balaban J connectivity index is 2.89. The van der Waals surface area contributed by atoms with Crippen LogP contribution in [0, 0.1) is 0 Å². The predicted octanol–water partition coefficient (Wildman–Crippen LogP) is -5.86. The molecule has 0 amide bonds. The Morgan fingerprint density at radius 1 is 1.09 bits per heavy atom. The Bertz CT molecular complexity index is 350. The molecule has 138 valence electrons. The first-order valence-electron chi connectivity index (χ1n) is 7.24. The highest BCUT2D eigenvalue weighted by atomic mass is 16.7. The van der Waals surface area contributed by atoms with Crippen molar-refractivity contribution in [3.05, 3.63) is 0 Å². The quantitative estimate of drug-likeness (QED) is 0.202. The molecule has 0 saturated carbocycles. The molecule has 0 aromatic rings. The van der Waals surface area contributed by atoms with E-state index in [1.807, 2.05) is 0 Å². The molecule has 0 bridgehead atoms. The molecule has 3 unspecified atom stereocenters. The lowest BCUT2D eigenvalue weighted by atomic mass is 9.96. The summed E-state index contributed by atoms with van der Waals surface area (Å²) in [4.78, 5) is 0. The highest BCUT2D eigenvalue weighted by Crippen LogP contribution is 2.23. The second-order valence-electron chi connectivity index (χ2n) is 5.52. The van der Waals surface area contributed by atoms with Gasteiger partial charge >= 0.3 is 0 Å². The molecule has 1 rings (SSSR count). The van der Waals surface area contributed by atoms with Crippen molar-refractivity contribution in [1.82, 2.24) is 0 Å². The molecule has 0 aliphatic carbocycles. The third-order valence-corrected chi connectivity index (χ3v) is 3.86. The van der Waals surface area contributed by atoms with E-state index in [0.29, 0.717) is 0 Å². The van der Waals surface area contributed by atoms with Gasteiger partial charge in [0.05, 0.1) is 37.5 Å². The first kappa shape index (κ1) is 20.6. The minimum Gasteiger partial charge on any atom is -0.394 e. The summed E-state index contributed by atoms with van der Waals surface area (Å²) in [6.45, 7) is -1.48. The Morgan fingerprint density at radius 3 is 2.17 bits per heavy atom. The van der Waals surface area contributed by atoms with Gasteiger partial charge in [0, 0.05) is 6.54 Å². The zero-order chi connectivity index (χ0) is 17.7. The molecule has 0 aromatic heterocycles. The zero-order valence-corrected chi connectivity index (χ0v) is 12.5. The molecule has 0 aromatic carbocycles. The zero-order valence-electron chi connectivity index (χ0n) is 12.5. The van der Waals surface area contributed by atoms with Crippen molar-refractivity contribution in [3.8, 4) is 0 Å². The SMILES string of the molecule is NC[C@H](O)[C@@H](O[C@H]1OC(CO)[C@@H](N)C(O)C1O)[C@H](N)[C@H](O)CO. The first-order chi connectivity index (χ1) is 10.8. The number of nitrogens with two attached hydrogens (primary N) is 3. The molecular weight excluding hydrogens is 314 g/mol. The van der Waals surface area contributed by atoms with Crippen LogP contribution < -0.4 is 17.2 Å². The molecule has 12 N–H and O–H groups in total. The van der Waals surface area contributed by atoms with E-state index in [9.17, 15) is 25.5 Å². The fourth-order valence-electron chi connectivity index (χ4n) is 2.30. The van der Waals surface area contributed by atoms with E-state index >= 15 is 0 Å². The third-order valence-electron chi connectivity index (χ3n) is 3.86. The Hall–Kier alpha value is -0.440. The monoisotopic (exact) mass is 341 g/mol. The number of hydrogen-bond acceptors (Lipinski definition) is 11. The van der Waals surface area contributed by atoms with E-state index in [-0.39, 0.29) is 6.54 Å². The van der Waals surface area contributed by atoms with Crippen LogP contribution in [-0.4, -0.2) is 105 Å². The summed E-state index contributed by atoms with van der Waals surface area (Å²) in [5.74, 6) is 0. The molecule has 11 nitrogen and oxygen atoms in total. The van der Waals surface area contributed by atoms with Crippen molar-refractivity contribution >= 4 is 0 Å². The van der Waals surface area contributed by atoms with Gasteiger partial charge in [-0.1, -0.05) is 0 Å². The third kappa shape index (κ3) is 4.78. The topological polar surface area (TPSA) is 218 Å². The normalized spacial score (nSPS) is 37.2. The molecule has 9 atom stereocenters. The van der Waals surface area contributed by atoms with Crippen LogP contribution in [0.4, 0.5) is 0 Å². The average Bonchev–Trinajstić information content (AvgIpc) is 2.57. The number of rotatable bonds is 8. The van der Waals surface area contributed by atoms with Crippen LogP contribution in [0.3, 0.4) is 0 Å². The van der Waals surface area contributed by atoms with Gasteiger partial charge in [0.15, 0.2) is 6.29 Å². The van der Waals surface area contributed by atoms with E-state index in [1.54, 1.807) is 0 Å². The minimum atomic E-state index is -1.57. The summed E-state index contributed by atoms with van der Waals surface area (Å²) in [5, 5.41) is 57.5.